The van der Waals surface area contributed by atoms with Gasteiger partial charge in [-0.1, -0.05) is 13.0 Å². The molecule has 2 rings (SSSR count). The van der Waals surface area contributed by atoms with Gasteiger partial charge in [0.2, 0.25) is 0 Å². The number of ether oxygens (including phenoxy) is 1. The number of thioether (sulfide) groups is 1. The van der Waals surface area contributed by atoms with Crippen molar-refractivity contribution in [3.8, 4) is 0 Å². The maximum atomic E-state index is 12.4. The second-order valence-corrected chi connectivity index (χ2v) is 6.99. The highest BCUT2D eigenvalue weighted by Crippen LogP contribution is 2.31. The van der Waals surface area contributed by atoms with Crippen LogP contribution < -0.4 is 5.32 Å². The van der Waals surface area contributed by atoms with Crippen LogP contribution in [0.2, 0.25) is 0 Å². The number of methoxy groups -OCH3 is 1. The summed E-state index contributed by atoms with van der Waals surface area (Å²) in [6.07, 6.45) is 3.19. The zero-order chi connectivity index (χ0) is 16.9. The van der Waals surface area contributed by atoms with Gasteiger partial charge in [-0.25, -0.2) is 4.79 Å². The van der Waals surface area contributed by atoms with Gasteiger partial charge in [0.05, 0.1) is 5.60 Å². The molecule has 1 aliphatic rings. The van der Waals surface area contributed by atoms with Crippen LogP contribution in [-0.4, -0.2) is 54.7 Å². The zero-order valence-corrected chi connectivity index (χ0v) is 14.9. The first kappa shape index (κ1) is 18.1. The van der Waals surface area contributed by atoms with Crippen LogP contribution in [0, 0.1) is 5.92 Å². The molecule has 128 valence electrons. The number of benzene rings is 1. The predicted molar refractivity (Wildman–Crippen MR) is 94.0 cm³/mol. The molecular formula is C17H26N2O3S. The van der Waals surface area contributed by atoms with Crippen molar-refractivity contribution in [3.63, 3.8) is 0 Å². The Kier molecular flexibility index (Phi) is 6.33. The standard InChI is InChI=1S/C17H26N2O3S/c1-13-12-19(9-7-17(13,21)8-10-22-2)16(20)18-14-5-4-6-15(11-14)23-3/h4-6,11,13,21H,7-10,12H2,1-3H3,(H,18,20)/t13-,17-/m0/s1. The Morgan fingerprint density at radius 2 is 2.35 bits per heavy atom. The quantitative estimate of drug-likeness (QED) is 0.810. The molecule has 1 fully saturated rings. The Labute approximate surface area is 142 Å². The fraction of sp³-hybridized carbons (Fsp3) is 0.588. The van der Waals surface area contributed by atoms with Gasteiger partial charge in [-0.15, -0.1) is 11.8 Å². The summed E-state index contributed by atoms with van der Waals surface area (Å²) in [6, 6.07) is 7.69. The molecule has 2 N–H and O–H groups in total. The Morgan fingerprint density at radius 1 is 1.57 bits per heavy atom. The third-order valence-corrected chi connectivity index (χ3v) is 5.30. The van der Waals surface area contributed by atoms with Crippen molar-refractivity contribution in [1.29, 1.82) is 0 Å². The van der Waals surface area contributed by atoms with Gasteiger partial charge in [-0.2, -0.15) is 0 Å². The lowest BCUT2D eigenvalue weighted by molar-refractivity contribution is -0.0725. The second kappa shape index (κ2) is 8.04. The SMILES string of the molecule is COCC[C@@]1(O)CCN(C(=O)Nc2cccc(SC)c2)C[C@@H]1C. The summed E-state index contributed by atoms with van der Waals surface area (Å²) in [5.74, 6) is 0.0229. The van der Waals surface area contributed by atoms with Crippen molar-refractivity contribution in [1.82, 2.24) is 4.90 Å². The number of amides is 2. The first-order chi connectivity index (χ1) is 11.0. The number of nitrogens with zero attached hydrogens (tertiary/aromatic N) is 1. The highest BCUT2D eigenvalue weighted by atomic mass is 32.2. The van der Waals surface area contributed by atoms with Gasteiger partial charge in [0.15, 0.2) is 0 Å². The molecule has 1 saturated heterocycles. The lowest BCUT2D eigenvalue weighted by Gasteiger charge is -2.43. The third-order valence-electron chi connectivity index (χ3n) is 4.57. The number of rotatable bonds is 5. The van der Waals surface area contributed by atoms with Gasteiger partial charge >= 0.3 is 6.03 Å². The number of hydrogen-bond acceptors (Lipinski definition) is 4. The van der Waals surface area contributed by atoms with Crippen molar-refractivity contribution in [3.05, 3.63) is 24.3 Å². The molecule has 2 amide bonds. The first-order valence-electron chi connectivity index (χ1n) is 7.90. The summed E-state index contributed by atoms with van der Waals surface area (Å²) in [5.41, 5.74) is 0.0562. The molecule has 0 bridgehead atoms. The molecule has 1 aliphatic heterocycles. The van der Waals surface area contributed by atoms with Crippen LogP contribution in [0.5, 0.6) is 0 Å². The summed E-state index contributed by atoms with van der Waals surface area (Å²) in [6.45, 7) is 3.63. The van der Waals surface area contributed by atoms with E-state index in [0.717, 1.165) is 10.6 Å². The maximum absolute atomic E-state index is 12.4. The predicted octanol–water partition coefficient (Wildman–Crippen LogP) is 3.05. The number of nitrogens with one attached hydrogen (secondary N) is 1. The van der Waals surface area contributed by atoms with Crippen molar-refractivity contribution in [2.75, 3.05) is 38.4 Å². The van der Waals surface area contributed by atoms with Crippen LogP contribution >= 0.6 is 11.8 Å². The van der Waals surface area contributed by atoms with Crippen LogP contribution in [0.3, 0.4) is 0 Å². The average molecular weight is 338 g/mol. The molecule has 5 nitrogen and oxygen atoms in total. The largest absolute Gasteiger partial charge is 0.389 e. The molecule has 6 heteroatoms. The van der Waals surface area contributed by atoms with E-state index in [1.165, 1.54) is 0 Å². The zero-order valence-electron chi connectivity index (χ0n) is 14.0. The fourth-order valence-electron chi connectivity index (χ4n) is 2.90. The molecule has 2 atom stereocenters. The van der Waals surface area contributed by atoms with Crippen LogP contribution in [-0.2, 0) is 4.74 Å². The van der Waals surface area contributed by atoms with E-state index >= 15 is 0 Å². The number of likely N-dealkylation sites (tertiary alicyclic amines) is 1. The van der Waals surface area contributed by atoms with Crippen molar-refractivity contribution in [2.45, 2.75) is 30.3 Å². The Balaban J connectivity index is 1.94. The molecule has 0 aromatic heterocycles. The molecular weight excluding hydrogens is 312 g/mol. The smallest absolute Gasteiger partial charge is 0.321 e. The van der Waals surface area contributed by atoms with Crippen molar-refractivity contribution >= 4 is 23.5 Å². The Hall–Kier alpha value is -1.24. The van der Waals surface area contributed by atoms with E-state index in [9.17, 15) is 9.90 Å². The molecule has 0 spiro atoms. The topological polar surface area (TPSA) is 61.8 Å². The monoisotopic (exact) mass is 338 g/mol. The molecule has 1 aromatic carbocycles. The highest BCUT2D eigenvalue weighted by Gasteiger charge is 2.39. The van der Waals surface area contributed by atoms with E-state index in [2.05, 4.69) is 5.32 Å². The van der Waals surface area contributed by atoms with Gasteiger partial charge in [-0.05, 0) is 37.3 Å². The number of carbonyl (C=O) groups excluding carboxylic acids is 1. The third kappa shape index (κ3) is 4.62. The summed E-state index contributed by atoms with van der Waals surface area (Å²) < 4.78 is 5.08. The normalized spacial score (nSPS) is 24.5. The number of carbonyl (C=O) groups is 1. The number of aliphatic hydroxyl groups is 1. The molecule has 0 unspecified atom stereocenters. The maximum Gasteiger partial charge on any atom is 0.321 e. The van der Waals surface area contributed by atoms with Crippen molar-refractivity contribution in [2.24, 2.45) is 5.92 Å². The highest BCUT2D eigenvalue weighted by molar-refractivity contribution is 7.98. The molecule has 0 saturated carbocycles. The number of piperidine rings is 1. The molecule has 0 radical (unpaired) electrons. The summed E-state index contributed by atoms with van der Waals surface area (Å²) in [5, 5.41) is 13.6. The number of anilines is 1. The van der Waals surface area contributed by atoms with Gasteiger partial charge in [0, 0.05) is 43.3 Å². The van der Waals surface area contributed by atoms with E-state index in [4.69, 9.17) is 4.74 Å². The van der Waals surface area contributed by atoms with E-state index in [1.807, 2.05) is 37.4 Å². The van der Waals surface area contributed by atoms with E-state index in [1.54, 1.807) is 23.8 Å². The lowest BCUT2D eigenvalue weighted by Crippen LogP contribution is -2.53. The summed E-state index contributed by atoms with van der Waals surface area (Å²) >= 11 is 1.64. The molecule has 0 aliphatic carbocycles. The van der Waals surface area contributed by atoms with Crippen LogP contribution in [0.4, 0.5) is 10.5 Å². The minimum atomic E-state index is -0.744. The van der Waals surface area contributed by atoms with Crippen LogP contribution in [0.1, 0.15) is 19.8 Å². The molecule has 1 aromatic rings. The summed E-state index contributed by atoms with van der Waals surface area (Å²) in [4.78, 5) is 15.3. The fourth-order valence-corrected chi connectivity index (χ4v) is 3.36. The Morgan fingerprint density at radius 3 is 3.00 bits per heavy atom. The number of hydrogen-bond donors (Lipinski definition) is 2. The number of urea groups is 1. The van der Waals surface area contributed by atoms with Gasteiger partial charge in [-0.3, -0.25) is 0 Å². The van der Waals surface area contributed by atoms with E-state index < -0.39 is 5.60 Å². The van der Waals surface area contributed by atoms with E-state index in [0.29, 0.717) is 32.5 Å². The van der Waals surface area contributed by atoms with Gasteiger partial charge < -0.3 is 20.1 Å². The van der Waals surface area contributed by atoms with Crippen LogP contribution in [0.15, 0.2) is 29.2 Å². The first-order valence-corrected chi connectivity index (χ1v) is 9.12. The van der Waals surface area contributed by atoms with Gasteiger partial charge in [0.25, 0.3) is 0 Å². The van der Waals surface area contributed by atoms with Crippen molar-refractivity contribution < 1.29 is 14.6 Å². The molecule has 1 heterocycles. The average Bonchev–Trinajstić information content (AvgIpc) is 2.56. The summed E-state index contributed by atoms with van der Waals surface area (Å²) in [7, 11) is 1.64. The molecule has 23 heavy (non-hydrogen) atoms. The minimum Gasteiger partial charge on any atom is -0.389 e. The lowest BCUT2D eigenvalue weighted by atomic mass is 9.80. The second-order valence-electron chi connectivity index (χ2n) is 6.11. The Bertz CT molecular complexity index is 540. The minimum absolute atomic E-state index is 0.0229. The van der Waals surface area contributed by atoms with Crippen LogP contribution in [0.25, 0.3) is 0 Å². The van der Waals surface area contributed by atoms with Gasteiger partial charge in [0.1, 0.15) is 0 Å². The van der Waals surface area contributed by atoms with E-state index in [-0.39, 0.29) is 11.9 Å².